The molecule has 1 aliphatic rings. The molecule has 1 rings (SSSR count). The molecule has 0 aromatic rings. The van der Waals surface area contributed by atoms with Crippen molar-refractivity contribution >= 4 is 5.97 Å². The quantitative estimate of drug-likeness (QED) is 0.335. The van der Waals surface area contributed by atoms with Crippen LogP contribution in [0.1, 0.15) is 12.8 Å². The minimum Gasteiger partial charge on any atom is -0.481 e. The van der Waals surface area contributed by atoms with Gasteiger partial charge in [-0.2, -0.15) is 0 Å². The summed E-state index contributed by atoms with van der Waals surface area (Å²) < 4.78 is 10.4. The Bertz CT molecular complexity index is 273. The minimum atomic E-state index is -1.27. The highest BCUT2D eigenvalue weighted by atomic mass is 16.7. The number of carboxylic acid groups (broad SMARTS) is 1. The van der Waals surface area contributed by atoms with Crippen molar-refractivity contribution in [1.29, 1.82) is 0 Å². The molecule has 0 aromatic heterocycles. The van der Waals surface area contributed by atoms with Crippen molar-refractivity contribution in [2.24, 2.45) is 5.73 Å². The summed E-state index contributed by atoms with van der Waals surface area (Å²) in [5.74, 6) is -0.934. The molecule has 8 heteroatoms. The lowest BCUT2D eigenvalue weighted by molar-refractivity contribution is -0.265. The number of hydrogen-bond donors (Lipinski definition) is 5. The molecule has 1 saturated heterocycles. The van der Waals surface area contributed by atoms with Gasteiger partial charge in [0.15, 0.2) is 6.29 Å². The third kappa shape index (κ3) is 3.87. The number of aliphatic hydroxyl groups is 3. The second-order valence-corrected chi connectivity index (χ2v) is 4.15. The molecular formula is C10H19NO7. The van der Waals surface area contributed by atoms with Crippen molar-refractivity contribution in [1.82, 2.24) is 0 Å². The molecule has 0 saturated carbocycles. The molecule has 0 bridgehead atoms. The lowest BCUT2D eigenvalue weighted by atomic mass is 9.98. The lowest BCUT2D eigenvalue weighted by Gasteiger charge is -2.40. The summed E-state index contributed by atoms with van der Waals surface area (Å²) in [4.78, 5) is 10.3. The topological polar surface area (TPSA) is 142 Å². The van der Waals surface area contributed by atoms with Gasteiger partial charge < -0.3 is 35.6 Å². The summed E-state index contributed by atoms with van der Waals surface area (Å²) in [6, 6.07) is -0.951. The number of ether oxygens (including phenoxy) is 2. The molecule has 1 aliphatic heterocycles. The van der Waals surface area contributed by atoms with E-state index in [0.29, 0.717) is 0 Å². The smallest absolute Gasteiger partial charge is 0.303 e. The molecule has 18 heavy (non-hydrogen) atoms. The van der Waals surface area contributed by atoms with Crippen LogP contribution in [0.15, 0.2) is 0 Å². The summed E-state index contributed by atoms with van der Waals surface area (Å²) in [6.45, 7) is -0.369. The van der Waals surface area contributed by atoms with Crippen molar-refractivity contribution in [2.75, 3.05) is 13.2 Å². The summed E-state index contributed by atoms with van der Waals surface area (Å²) >= 11 is 0. The van der Waals surface area contributed by atoms with Gasteiger partial charge in [-0.05, 0) is 6.42 Å². The fourth-order valence-corrected chi connectivity index (χ4v) is 1.68. The van der Waals surface area contributed by atoms with E-state index in [9.17, 15) is 15.0 Å². The molecule has 0 spiro atoms. The van der Waals surface area contributed by atoms with Crippen molar-refractivity contribution in [3.8, 4) is 0 Å². The first-order chi connectivity index (χ1) is 8.47. The van der Waals surface area contributed by atoms with Gasteiger partial charge in [-0.1, -0.05) is 0 Å². The zero-order valence-electron chi connectivity index (χ0n) is 9.81. The van der Waals surface area contributed by atoms with E-state index in [1.807, 2.05) is 0 Å². The molecule has 5 unspecified atom stereocenters. The highest BCUT2D eigenvalue weighted by molar-refractivity contribution is 5.66. The molecular weight excluding hydrogens is 246 g/mol. The van der Waals surface area contributed by atoms with Gasteiger partial charge in [0.25, 0.3) is 0 Å². The highest BCUT2D eigenvalue weighted by Crippen LogP contribution is 2.20. The first-order valence-electron chi connectivity index (χ1n) is 5.68. The summed E-state index contributed by atoms with van der Waals surface area (Å²) in [6.07, 6.45) is -4.25. The first kappa shape index (κ1) is 15.3. The van der Waals surface area contributed by atoms with Crippen LogP contribution in [0, 0.1) is 0 Å². The monoisotopic (exact) mass is 265 g/mol. The normalized spacial score (nSPS) is 36.6. The Morgan fingerprint density at radius 2 is 2.00 bits per heavy atom. The van der Waals surface area contributed by atoms with Crippen molar-refractivity contribution < 1.29 is 34.7 Å². The molecule has 0 aromatic carbocycles. The molecule has 0 radical (unpaired) electrons. The fraction of sp³-hybridized carbons (Fsp3) is 0.900. The van der Waals surface area contributed by atoms with E-state index in [1.54, 1.807) is 0 Å². The van der Waals surface area contributed by atoms with Crippen LogP contribution in [0.2, 0.25) is 0 Å². The number of carboxylic acids is 1. The number of carbonyl (C=O) groups is 1. The summed E-state index contributed by atoms with van der Waals surface area (Å²) in [5, 5.41) is 36.5. The Balaban J connectivity index is 2.41. The number of aliphatic hydroxyl groups excluding tert-OH is 3. The SMILES string of the molecule is NC1C(OCCCC(=O)O)OC(CO)C(O)C1O. The summed E-state index contributed by atoms with van der Waals surface area (Å²) in [5.41, 5.74) is 5.61. The minimum absolute atomic E-state index is 0.0451. The van der Waals surface area contributed by atoms with E-state index in [4.69, 9.17) is 25.4 Å². The van der Waals surface area contributed by atoms with Crippen molar-refractivity contribution in [3.63, 3.8) is 0 Å². The van der Waals surface area contributed by atoms with Crippen LogP contribution in [-0.2, 0) is 14.3 Å². The van der Waals surface area contributed by atoms with Crippen LogP contribution in [0.4, 0.5) is 0 Å². The maximum Gasteiger partial charge on any atom is 0.303 e. The van der Waals surface area contributed by atoms with Gasteiger partial charge in [0.05, 0.1) is 19.3 Å². The first-order valence-corrected chi connectivity index (χ1v) is 5.68. The van der Waals surface area contributed by atoms with E-state index in [-0.39, 0.29) is 19.4 Å². The van der Waals surface area contributed by atoms with E-state index in [0.717, 1.165) is 0 Å². The molecule has 106 valence electrons. The second kappa shape index (κ2) is 6.98. The van der Waals surface area contributed by atoms with Crippen LogP contribution >= 0.6 is 0 Å². The van der Waals surface area contributed by atoms with E-state index in [1.165, 1.54) is 0 Å². The molecule has 5 atom stereocenters. The summed E-state index contributed by atoms with van der Waals surface area (Å²) in [7, 11) is 0. The maximum atomic E-state index is 10.3. The van der Waals surface area contributed by atoms with Gasteiger partial charge in [-0.3, -0.25) is 4.79 Å². The molecule has 1 fully saturated rings. The number of aliphatic carboxylic acids is 1. The largest absolute Gasteiger partial charge is 0.481 e. The molecule has 8 nitrogen and oxygen atoms in total. The Labute approximate surface area is 104 Å². The maximum absolute atomic E-state index is 10.3. The Kier molecular flexibility index (Phi) is 5.93. The number of nitrogens with two attached hydrogens (primary N) is 1. The Morgan fingerprint density at radius 3 is 2.56 bits per heavy atom. The number of hydrogen-bond acceptors (Lipinski definition) is 7. The predicted molar refractivity (Wildman–Crippen MR) is 58.6 cm³/mol. The third-order valence-corrected chi connectivity index (χ3v) is 2.75. The predicted octanol–water partition coefficient (Wildman–Crippen LogP) is -2.37. The van der Waals surface area contributed by atoms with Crippen LogP contribution < -0.4 is 5.73 Å². The van der Waals surface area contributed by atoms with E-state index >= 15 is 0 Å². The molecule has 0 amide bonds. The molecule has 1 heterocycles. The Hall–Kier alpha value is -0.770. The number of rotatable bonds is 6. The van der Waals surface area contributed by atoms with Gasteiger partial charge in [0.1, 0.15) is 18.3 Å². The van der Waals surface area contributed by atoms with Gasteiger partial charge in [0.2, 0.25) is 0 Å². The van der Waals surface area contributed by atoms with Crippen LogP contribution in [0.25, 0.3) is 0 Å². The highest BCUT2D eigenvalue weighted by Gasteiger charge is 2.42. The van der Waals surface area contributed by atoms with Crippen molar-refractivity contribution in [3.05, 3.63) is 0 Å². The standard InChI is InChI=1S/C10H19NO7/c11-7-9(16)8(15)5(4-12)18-10(7)17-3-1-2-6(13)14/h5,7-10,12,15-16H,1-4,11H2,(H,13,14). The third-order valence-electron chi connectivity index (χ3n) is 2.75. The molecule has 6 N–H and O–H groups in total. The average Bonchev–Trinajstić information content (AvgIpc) is 2.34. The molecule has 0 aliphatic carbocycles. The van der Waals surface area contributed by atoms with Gasteiger partial charge in [0, 0.05) is 6.42 Å². The van der Waals surface area contributed by atoms with Gasteiger partial charge in [-0.25, -0.2) is 0 Å². The lowest BCUT2D eigenvalue weighted by Crippen LogP contribution is -2.62. The van der Waals surface area contributed by atoms with Gasteiger partial charge in [-0.15, -0.1) is 0 Å². The van der Waals surface area contributed by atoms with Crippen LogP contribution in [0.5, 0.6) is 0 Å². The van der Waals surface area contributed by atoms with E-state index < -0.39 is 43.2 Å². The fourth-order valence-electron chi connectivity index (χ4n) is 1.68. The van der Waals surface area contributed by atoms with Crippen LogP contribution in [0.3, 0.4) is 0 Å². The van der Waals surface area contributed by atoms with Gasteiger partial charge >= 0.3 is 5.97 Å². The zero-order valence-corrected chi connectivity index (χ0v) is 9.81. The van der Waals surface area contributed by atoms with Crippen LogP contribution in [-0.4, -0.2) is 70.3 Å². The average molecular weight is 265 g/mol. The Morgan fingerprint density at radius 1 is 1.33 bits per heavy atom. The second-order valence-electron chi connectivity index (χ2n) is 4.15. The van der Waals surface area contributed by atoms with Crippen molar-refractivity contribution in [2.45, 2.75) is 43.5 Å². The zero-order chi connectivity index (χ0) is 13.7. The van der Waals surface area contributed by atoms with E-state index in [2.05, 4.69) is 0 Å².